The number of Topliss-reactive ketones (excluding diaryl/α,β-unsaturated/α-hetero) is 1. The average molecular weight is 352 g/mol. The Morgan fingerprint density at radius 1 is 1.20 bits per heavy atom. The molecule has 1 heterocycles. The maximum atomic E-state index is 13.8. The van der Waals surface area contributed by atoms with E-state index in [0.29, 0.717) is 45.3 Å². The lowest BCUT2D eigenvalue weighted by atomic mass is 9.79. The van der Waals surface area contributed by atoms with Crippen LogP contribution in [0.4, 0.5) is 8.78 Å². The van der Waals surface area contributed by atoms with Crippen molar-refractivity contribution in [2.24, 2.45) is 17.1 Å². The molecular formula is C19H26F2N2O2. The summed E-state index contributed by atoms with van der Waals surface area (Å²) in [4.78, 5) is 27.1. The van der Waals surface area contributed by atoms with Crippen molar-refractivity contribution >= 4 is 11.7 Å². The number of rotatable bonds is 6. The van der Waals surface area contributed by atoms with E-state index < -0.39 is 23.0 Å². The number of nitrogens with two attached hydrogens (primary N) is 1. The summed E-state index contributed by atoms with van der Waals surface area (Å²) in [5, 5.41) is 0. The second-order valence-corrected chi connectivity index (χ2v) is 6.75. The fourth-order valence-corrected chi connectivity index (χ4v) is 3.51. The molecule has 1 aliphatic heterocycles. The van der Waals surface area contributed by atoms with Crippen LogP contribution in [0.25, 0.3) is 0 Å². The molecule has 0 unspecified atom stereocenters. The molecule has 6 heteroatoms. The van der Waals surface area contributed by atoms with Crippen molar-refractivity contribution in [3.8, 4) is 0 Å². The quantitative estimate of drug-likeness (QED) is 0.800. The van der Waals surface area contributed by atoms with Crippen LogP contribution in [0.2, 0.25) is 0 Å². The van der Waals surface area contributed by atoms with Crippen LogP contribution in [0.15, 0.2) is 18.2 Å². The Morgan fingerprint density at radius 2 is 1.80 bits per heavy atom. The molecule has 1 aromatic carbocycles. The van der Waals surface area contributed by atoms with E-state index in [1.807, 2.05) is 13.8 Å². The summed E-state index contributed by atoms with van der Waals surface area (Å²) in [5.74, 6) is -2.08. The molecule has 1 saturated heterocycles. The molecule has 0 aliphatic carbocycles. The molecule has 1 aliphatic rings. The Morgan fingerprint density at radius 3 is 2.32 bits per heavy atom. The minimum absolute atomic E-state index is 0.0304. The first-order valence-corrected chi connectivity index (χ1v) is 8.87. The molecule has 0 spiro atoms. The van der Waals surface area contributed by atoms with Gasteiger partial charge >= 0.3 is 0 Å². The number of carbonyl (C=O) groups excluding carboxylic acids is 2. The Labute approximate surface area is 147 Å². The average Bonchev–Trinajstić information content (AvgIpc) is 2.65. The smallest absolute Gasteiger partial charge is 0.230 e. The number of hydrogen-bond acceptors (Lipinski definition) is 3. The number of ketones is 1. The van der Waals surface area contributed by atoms with E-state index in [9.17, 15) is 18.4 Å². The van der Waals surface area contributed by atoms with Gasteiger partial charge in [-0.3, -0.25) is 9.59 Å². The maximum absolute atomic E-state index is 13.8. The molecule has 0 aromatic heterocycles. The molecule has 0 saturated carbocycles. The lowest BCUT2D eigenvalue weighted by Gasteiger charge is -2.38. The first-order valence-electron chi connectivity index (χ1n) is 8.87. The highest BCUT2D eigenvalue weighted by Gasteiger charge is 2.39. The van der Waals surface area contributed by atoms with Crippen LogP contribution in [0.5, 0.6) is 0 Å². The number of hydrogen-bond donors (Lipinski definition) is 1. The zero-order valence-corrected chi connectivity index (χ0v) is 14.9. The van der Waals surface area contributed by atoms with Gasteiger partial charge in [-0.15, -0.1) is 0 Å². The SMILES string of the molecule is CCC(CC)(CN)C(=O)N1CCC(C(=O)c2cc(F)ccc2F)CC1. The van der Waals surface area contributed by atoms with Gasteiger partial charge in [0, 0.05) is 25.6 Å². The topological polar surface area (TPSA) is 63.4 Å². The van der Waals surface area contributed by atoms with Gasteiger partial charge in [0.1, 0.15) is 11.6 Å². The van der Waals surface area contributed by atoms with Crippen molar-refractivity contribution < 1.29 is 18.4 Å². The van der Waals surface area contributed by atoms with Crippen LogP contribution >= 0.6 is 0 Å². The molecule has 138 valence electrons. The Kier molecular flexibility index (Phi) is 6.27. The van der Waals surface area contributed by atoms with Crippen molar-refractivity contribution in [1.82, 2.24) is 4.90 Å². The molecule has 2 rings (SSSR count). The third kappa shape index (κ3) is 3.89. The van der Waals surface area contributed by atoms with Crippen molar-refractivity contribution in [2.45, 2.75) is 39.5 Å². The molecule has 4 nitrogen and oxygen atoms in total. The van der Waals surface area contributed by atoms with Crippen molar-refractivity contribution in [3.63, 3.8) is 0 Å². The van der Waals surface area contributed by atoms with E-state index in [2.05, 4.69) is 0 Å². The molecule has 1 amide bonds. The molecule has 2 N–H and O–H groups in total. The Hall–Kier alpha value is -1.82. The minimum atomic E-state index is -0.705. The standard InChI is InChI=1S/C19H26F2N2O2/c1-3-19(4-2,12-22)18(25)23-9-7-13(8-10-23)17(24)15-11-14(20)5-6-16(15)21/h5-6,11,13H,3-4,7-10,12,22H2,1-2H3. The van der Waals surface area contributed by atoms with Gasteiger partial charge in [-0.25, -0.2) is 8.78 Å². The Balaban J connectivity index is 2.05. The van der Waals surface area contributed by atoms with E-state index in [1.165, 1.54) is 0 Å². The number of amides is 1. The molecular weight excluding hydrogens is 326 g/mol. The third-order valence-electron chi connectivity index (χ3n) is 5.54. The first-order chi connectivity index (χ1) is 11.9. The van der Waals surface area contributed by atoms with Crippen LogP contribution < -0.4 is 5.73 Å². The molecule has 0 bridgehead atoms. The number of likely N-dealkylation sites (tertiary alicyclic amines) is 1. The predicted octanol–water partition coefficient (Wildman–Crippen LogP) is 3.15. The molecule has 1 fully saturated rings. The van der Waals surface area contributed by atoms with Crippen LogP contribution in [0, 0.1) is 23.0 Å². The zero-order valence-electron chi connectivity index (χ0n) is 14.9. The van der Waals surface area contributed by atoms with Gasteiger partial charge in [0.25, 0.3) is 0 Å². The summed E-state index contributed by atoms with van der Waals surface area (Å²) in [5.41, 5.74) is 5.08. The van der Waals surface area contributed by atoms with Crippen molar-refractivity contribution in [3.05, 3.63) is 35.4 Å². The minimum Gasteiger partial charge on any atom is -0.342 e. The molecule has 1 aromatic rings. The summed E-state index contributed by atoms with van der Waals surface area (Å²) in [6.45, 7) is 5.09. The highest BCUT2D eigenvalue weighted by molar-refractivity contribution is 5.98. The van der Waals surface area contributed by atoms with Crippen molar-refractivity contribution in [1.29, 1.82) is 0 Å². The first kappa shape index (κ1) is 19.5. The van der Waals surface area contributed by atoms with Crippen molar-refractivity contribution in [2.75, 3.05) is 19.6 Å². The normalized spacial score (nSPS) is 16.1. The fraction of sp³-hybridized carbons (Fsp3) is 0.579. The van der Waals surface area contributed by atoms with E-state index in [4.69, 9.17) is 5.73 Å². The second kappa shape index (κ2) is 8.04. The number of benzene rings is 1. The summed E-state index contributed by atoms with van der Waals surface area (Å²) in [6.07, 6.45) is 2.25. The van der Waals surface area contributed by atoms with Gasteiger partial charge in [0.15, 0.2) is 5.78 Å². The number of piperidine rings is 1. The monoisotopic (exact) mass is 352 g/mol. The highest BCUT2D eigenvalue weighted by atomic mass is 19.1. The number of nitrogens with zero attached hydrogens (tertiary/aromatic N) is 1. The number of carbonyl (C=O) groups is 2. The Bertz CT molecular complexity index is 628. The lowest BCUT2D eigenvalue weighted by molar-refractivity contribution is -0.143. The van der Waals surface area contributed by atoms with Gasteiger partial charge in [0.05, 0.1) is 11.0 Å². The van der Waals surface area contributed by atoms with E-state index in [-0.39, 0.29) is 17.3 Å². The largest absolute Gasteiger partial charge is 0.342 e. The van der Waals surface area contributed by atoms with Crippen LogP contribution in [0.3, 0.4) is 0 Å². The molecule has 25 heavy (non-hydrogen) atoms. The van der Waals surface area contributed by atoms with Gasteiger partial charge in [-0.05, 0) is 43.9 Å². The van der Waals surface area contributed by atoms with Gasteiger partial charge in [-0.1, -0.05) is 13.8 Å². The summed E-state index contributed by atoms with van der Waals surface area (Å²) < 4.78 is 27.1. The summed E-state index contributed by atoms with van der Waals surface area (Å²) >= 11 is 0. The number of halogens is 2. The lowest BCUT2D eigenvalue weighted by Crippen LogP contribution is -2.50. The highest BCUT2D eigenvalue weighted by Crippen LogP contribution is 2.31. The predicted molar refractivity (Wildman–Crippen MR) is 92.1 cm³/mol. The zero-order chi connectivity index (χ0) is 18.6. The van der Waals surface area contributed by atoms with Crippen LogP contribution in [0.1, 0.15) is 49.9 Å². The fourth-order valence-electron chi connectivity index (χ4n) is 3.51. The van der Waals surface area contributed by atoms with Gasteiger partial charge in [-0.2, -0.15) is 0 Å². The van der Waals surface area contributed by atoms with Gasteiger partial charge < -0.3 is 10.6 Å². The van der Waals surface area contributed by atoms with Crippen LogP contribution in [-0.4, -0.2) is 36.2 Å². The van der Waals surface area contributed by atoms with E-state index in [0.717, 1.165) is 18.2 Å². The third-order valence-corrected chi connectivity index (χ3v) is 5.54. The molecule has 0 radical (unpaired) electrons. The molecule has 0 atom stereocenters. The second-order valence-electron chi connectivity index (χ2n) is 6.75. The van der Waals surface area contributed by atoms with Gasteiger partial charge in [0.2, 0.25) is 5.91 Å². The van der Waals surface area contributed by atoms with E-state index in [1.54, 1.807) is 4.90 Å². The van der Waals surface area contributed by atoms with Crippen LogP contribution in [-0.2, 0) is 4.79 Å². The summed E-state index contributed by atoms with van der Waals surface area (Å²) in [7, 11) is 0. The summed E-state index contributed by atoms with van der Waals surface area (Å²) in [6, 6.07) is 2.91. The maximum Gasteiger partial charge on any atom is 0.230 e. The van der Waals surface area contributed by atoms with E-state index >= 15 is 0 Å².